The number of fused-ring (bicyclic) bond motifs is 3. The molecule has 4 aliphatic rings. The van der Waals surface area contributed by atoms with Crippen molar-refractivity contribution in [2.24, 2.45) is 29.6 Å². The first kappa shape index (κ1) is 48.4. The van der Waals surface area contributed by atoms with Crippen LogP contribution in [0.5, 0.6) is 0 Å². The van der Waals surface area contributed by atoms with Crippen molar-refractivity contribution in [2.75, 3.05) is 27.4 Å². The summed E-state index contributed by atoms with van der Waals surface area (Å²) >= 11 is 0. The summed E-state index contributed by atoms with van der Waals surface area (Å²) in [6, 6.07) is -1.15. The summed E-state index contributed by atoms with van der Waals surface area (Å²) in [4.78, 5) is 68.9. The summed E-state index contributed by atoms with van der Waals surface area (Å²) in [6.45, 7) is 12.7. The molecule has 0 aromatic carbocycles. The molecule has 3 fully saturated rings. The molecular weight excluding hydrogens is 762 g/mol. The molecule has 3 aliphatic heterocycles. The lowest BCUT2D eigenvalue weighted by Gasteiger charge is -2.47. The van der Waals surface area contributed by atoms with Crippen LogP contribution in [0.2, 0.25) is 0 Å². The number of carbonyl (C=O) groups excluding carboxylic acids is 4. The lowest BCUT2D eigenvalue weighted by atomic mass is 9.82. The van der Waals surface area contributed by atoms with Gasteiger partial charge in [0.25, 0.3) is 11.7 Å². The van der Waals surface area contributed by atoms with Gasteiger partial charge in [0.2, 0.25) is 5.79 Å². The van der Waals surface area contributed by atoms with Crippen LogP contribution in [0.3, 0.4) is 0 Å². The highest BCUT2D eigenvalue weighted by atomic mass is 16.7. The first-order valence-corrected chi connectivity index (χ1v) is 21.5. The number of rotatable bonds is 9. The average molecular weight is 832 g/mol. The fourth-order valence-corrected chi connectivity index (χ4v) is 9.49. The van der Waals surface area contributed by atoms with Crippen molar-refractivity contribution in [1.82, 2.24) is 4.90 Å². The number of hydrogen-bond acceptors (Lipinski definition) is 12. The lowest BCUT2D eigenvalue weighted by Crippen LogP contribution is -2.64. The van der Waals surface area contributed by atoms with E-state index in [2.05, 4.69) is 6.58 Å². The number of amides is 1. The van der Waals surface area contributed by atoms with E-state index in [-0.39, 0.29) is 56.1 Å². The van der Waals surface area contributed by atoms with Crippen molar-refractivity contribution in [3.05, 3.63) is 36.0 Å². The second-order valence-corrected chi connectivity index (χ2v) is 17.6. The maximum Gasteiger partial charge on any atom is 0.329 e. The van der Waals surface area contributed by atoms with E-state index in [1.807, 2.05) is 32.9 Å². The first-order chi connectivity index (χ1) is 27.9. The van der Waals surface area contributed by atoms with Gasteiger partial charge < -0.3 is 43.9 Å². The molecule has 0 spiro atoms. The third-order valence-corrected chi connectivity index (χ3v) is 12.9. The molecule has 0 aromatic heterocycles. The van der Waals surface area contributed by atoms with Crippen molar-refractivity contribution < 1.29 is 63.0 Å². The van der Waals surface area contributed by atoms with E-state index < -0.39 is 83.7 Å². The molecule has 14 heteroatoms. The number of ketones is 2. The Morgan fingerprint density at radius 1 is 1.00 bits per heavy atom. The molecule has 1 saturated carbocycles. The number of aliphatic carboxylic acids is 1. The van der Waals surface area contributed by atoms with E-state index in [0.29, 0.717) is 63.4 Å². The lowest BCUT2D eigenvalue weighted by molar-refractivity contribution is -0.302. The maximum absolute atomic E-state index is 14.3. The summed E-state index contributed by atoms with van der Waals surface area (Å²) in [6.07, 6.45) is 6.57. The molecular formula is C45H69NO13. The molecule has 1 aliphatic carbocycles. The van der Waals surface area contributed by atoms with Crippen LogP contribution in [0, 0.1) is 29.6 Å². The molecule has 332 valence electrons. The van der Waals surface area contributed by atoms with Crippen LogP contribution in [0.15, 0.2) is 36.0 Å². The number of carbonyl (C=O) groups is 5. The van der Waals surface area contributed by atoms with Gasteiger partial charge in [-0.15, -0.1) is 6.58 Å². The zero-order valence-electron chi connectivity index (χ0n) is 36.1. The quantitative estimate of drug-likeness (QED) is 0.158. The van der Waals surface area contributed by atoms with Crippen molar-refractivity contribution in [3.63, 3.8) is 0 Å². The number of hydrogen-bond donors (Lipinski definition) is 3. The molecule has 2 saturated heterocycles. The van der Waals surface area contributed by atoms with Gasteiger partial charge >= 0.3 is 11.9 Å². The number of aliphatic hydroxyl groups is 2. The predicted molar refractivity (Wildman–Crippen MR) is 218 cm³/mol. The number of esters is 1. The Hall–Kier alpha value is -3.27. The Morgan fingerprint density at radius 3 is 2.29 bits per heavy atom. The SMILES string of the molecule is C=CC[C@@H]1/C=C(\C)C[C@H](C)C[C@H](OC)[C@H]2O[C@@](O)(C(=O)C(=O)N3CCCC[C@H]3C(=O)O[C@H](/C(C)=C/C3CCC(OCC(=O)O)CC3)[C@H](C)[C@@H](O)CC1=O)[C@H](C)C[C@@H]2OC. The number of allylic oxidation sites excluding steroid dienone is 4. The summed E-state index contributed by atoms with van der Waals surface area (Å²) in [5.41, 5.74) is 1.61. The third kappa shape index (κ3) is 12.4. The number of ether oxygens (including phenoxy) is 5. The zero-order chi connectivity index (χ0) is 43.6. The Morgan fingerprint density at radius 2 is 1.66 bits per heavy atom. The first-order valence-electron chi connectivity index (χ1n) is 21.5. The van der Waals surface area contributed by atoms with Gasteiger partial charge in [0, 0.05) is 44.9 Å². The van der Waals surface area contributed by atoms with E-state index in [0.717, 1.165) is 5.57 Å². The van der Waals surface area contributed by atoms with E-state index in [1.165, 1.54) is 19.1 Å². The van der Waals surface area contributed by atoms with Gasteiger partial charge in [-0.25, -0.2) is 9.59 Å². The minimum atomic E-state index is -2.52. The van der Waals surface area contributed by atoms with Crippen LogP contribution in [-0.2, 0) is 47.7 Å². The number of methoxy groups -OCH3 is 2. The van der Waals surface area contributed by atoms with Crippen LogP contribution < -0.4 is 0 Å². The average Bonchev–Trinajstić information content (AvgIpc) is 3.20. The van der Waals surface area contributed by atoms with Crippen LogP contribution >= 0.6 is 0 Å². The Bertz CT molecular complexity index is 1550. The number of Topliss-reactive ketones (excluding diaryl/α,β-unsaturated/α-hetero) is 2. The molecule has 3 heterocycles. The predicted octanol–water partition coefficient (Wildman–Crippen LogP) is 5.12. The third-order valence-electron chi connectivity index (χ3n) is 12.9. The van der Waals surface area contributed by atoms with E-state index >= 15 is 0 Å². The molecule has 0 unspecified atom stereocenters. The number of cyclic esters (lactones) is 1. The highest BCUT2D eigenvalue weighted by molar-refractivity contribution is 6.39. The highest BCUT2D eigenvalue weighted by Crippen LogP contribution is 2.39. The molecule has 14 nitrogen and oxygen atoms in total. The Balaban J connectivity index is 1.73. The van der Waals surface area contributed by atoms with Gasteiger partial charge in [0.15, 0.2) is 0 Å². The fraction of sp³-hybridized carbons (Fsp3) is 0.756. The second-order valence-electron chi connectivity index (χ2n) is 17.6. The maximum atomic E-state index is 14.3. The van der Waals surface area contributed by atoms with E-state index in [1.54, 1.807) is 19.9 Å². The normalized spacial score (nSPS) is 38.6. The van der Waals surface area contributed by atoms with Gasteiger partial charge in [0.1, 0.15) is 30.6 Å². The molecule has 0 radical (unpaired) electrons. The molecule has 2 bridgehead atoms. The molecule has 11 atom stereocenters. The second kappa shape index (κ2) is 22.0. The van der Waals surface area contributed by atoms with Gasteiger partial charge in [-0.05, 0) is 102 Å². The molecule has 4 rings (SSSR count). The van der Waals surface area contributed by atoms with Gasteiger partial charge in [-0.2, -0.15) is 0 Å². The van der Waals surface area contributed by atoms with Crippen LogP contribution in [0.1, 0.15) is 112 Å². The van der Waals surface area contributed by atoms with Crippen LogP contribution in [0.4, 0.5) is 0 Å². The smallest absolute Gasteiger partial charge is 0.329 e. The van der Waals surface area contributed by atoms with Crippen LogP contribution in [0.25, 0.3) is 0 Å². The summed E-state index contributed by atoms with van der Waals surface area (Å²) in [5, 5.41) is 32.8. The molecule has 3 N–H and O–H groups in total. The number of carboxylic acids is 1. The number of nitrogens with zero attached hydrogens (tertiary/aromatic N) is 1. The fourth-order valence-electron chi connectivity index (χ4n) is 9.49. The molecule has 0 aromatic rings. The van der Waals surface area contributed by atoms with Crippen molar-refractivity contribution >= 4 is 29.4 Å². The summed E-state index contributed by atoms with van der Waals surface area (Å²) < 4.78 is 29.7. The minimum Gasteiger partial charge on any atom is -0.480 e. The van der Waals surface area contributed by atoms with Gasteiger partial charge in [0.05, 0.1) is 24.4 Å². The van der Waals surface area contributed by atoms with Crippen molar-refractivity contribution in [1.29, 1.82) is 0 Å². The monoisotopic (exact) mass is 831 g/mol. The van der Waals surface area contributed by atoms with E-state index in [9.17, 15) is 34.2 Å². The van der Waals surface area contributed by atoms with Crippen LogP contribution in [-0.4, -0.2) is 125 Å². The Labute approximate surface area is 349 Å². The van der Waals surface area contributed by atoms with E-state index in [4.69, 9.17) is 28.8 Å². The van der Waals surface area contributed by atoms with Crippen molar-refractivity contribution in [3.8, 4) is 0 Å². The summed E-state index contributed by atoms with van der Waals surface area (Å²) in [5.74, 6) is -8.79. The zero-order valence-corrected chi connectivity index (χ0v) is 36.1. The highest BCUT2D eigenvalue weighted by Gasteiger charge is 2.56. The number of piperidine rings is 1. The molecule has 1 amide bonds. The molecule has 59 heavy (non-hydrogen) atoms. The standard InChI is InChI=1S/C45H69NO13/c1-9-12-32-20-26(2)19-27(3)21-37(55-7)41-38(56-8)23-29(5)45(54,59-41)42(51)43(52)46-18-11-10-13-34(46)44(53)58-40(30(6)35(47)24-36(32)48)28(4)22-31-14-16-33(17-15-31)57-25-39(49)50/h9,20,22,27,29-35,37-38,40-41,47,54H,1,10-19,21,23-25H2,2-8H3,(H,49,50)/b26-20+,28-22+/t27-,29+,30+,31?,32+,33?,34-,35-,37-,38-,40+,41+,45+/m0/s1. The number of aliphatic hydroxyl groups excluding tert-OH is 1. The minimum absolute atomic E-state index is 0.00129. The number of carboxylic acid groups (broad SMARTS) is 1. The largest absolute Gasteiger partial charge is 0.480 e. The topological polar surface area (TPSA) is 195 Å². The van der Waals surface area contributed by atoms with Gasteiger partial charge in [-0.1, -0.05) is 44.6 Å². The Kier molecular flexibility index (Phi) is 18.1. The summed E-state index contributed by atoms with van der Waals surface area (Å²) in [7, 11) is 3.04. The van der Waals surface area contributed by atoms with Gasteiger partial charge in [-0.3, -0.25) is 14.4 Å². The van der Waals surface area contributed by atoms with Crippen molar-refractivity contribution in [2.45, 2.75) is 160 Å².